The molecule has 69 heavy (non-hydrogen) atoms. The Balaban J connectivity index is 0.723. The SMILES string of the molecule is COc1cc2c(cc1Nc1ncc3c(n1)N(C1CCCC1)CC(F)(F)C(=O)N3C)CCN(C1CCN(C(=O)CCN3CCN(c4cccc5c4C(=O)N(C4CCC(=O)NC4=O)C5=O)CC3)CC1)C2=O. The van der Waals surface area contributed by atoms with Crippen molar-refractivity contribution in [2.24, 2.45) is 0 Å². The first-order chi connectivity index (χ1) is 33.2. The van der Waals surface area contributed by atoms with Gasteiger partial charge in [0.2, 0.25) is 23.7 Å². The molecule has 7 heterocycles. The number of rotatable bonds is 10. The Morgan fingerprint density at radius 3 is 2.30 bits per heavy atom. The summed E-state index contributed by atoms with van der Waals surface area (Å²) in [7, 11) is 2.81. The van der Waals surface area contributed by atoms with Gasteiger partial charge in [-0.05, 0) is 68.4 Å². The van der Waals surface area contributed by atoms with E-state index in [1.165, 1.54) is 20.4 Å². The van der Waals surface area contributed by atoms with Crippen LogP contribution in [0.2, 0.25) is 0 Å². The van der Waals surface area contributed by atoms with Crippen LogP contribution in [0, 0.1) is 0 Å². The minimum Gasteiger partial charge on any atom is -0.495 e. The van der Waals surface area contributed by atoms with Gasteiger partial charge >= 0.3 is 5.92 Å². The van der Waals surface area contributed by atoms with Crippen LogP contribution in [0.5, 0.6) is 5.75 Å². The van der Waals surface area contributed by atoms with Gasteiger partial charge in [0.15, 0.2) is 5.82 Å². The van der Waals surface area contributed by atoms with Gasteiger partial charge in [0.1, 0.15) is 17.5 Å². The highest BCUT2D eigenvalue weighted by Gasteiger charge is 2.49. The van der Waals surface area contributed by atoms with Crippen molar-refractivity contribution >= 4 is 70.2 Å². The van der Waals surface area contributed by atoms with Gasteiger partial charge in [0.05, 0.1) is 42.4 Å². The maximum atomic E-state index is 15.1. The molecule has 364 valence electrons. The summed E-state index contributed by atoms with van der Waals surface area (Å²) in [5.41, 5.74) is 3.19. The Kier molecular flexibility index (Phi) is 12.2. The first-order valence-corrected chi connectivity index (χ1v) is 23.9. The molecule has 6 aliphatic heterocycles. The number of piperidine rings is 2. The first kappa shape index (κ1) is 46.0. The number of imide groups is 2. The highest BCUT2D eigenvalue weighted by Crippen LogP contribution is 2.41. The third-order valence-electron chi connectivity index (χ3n) is 15.0. The Bertz CT molecular complexity index is 2630. The Morgan fingerprint density at radius 2 is 1.58 bits per heavy atom. The predicted molar refractivity (Wildman–Crippen MR) is 247 cm³/mol. The number of hydrogen-bond donors (Lipinski definition) is 2. The van der Waals surface area contributed by atoms with Crippen molar-refractivity contribution in [3.05, 3.63) is 58.8 Å². The quantitative estimate of drug-likeness (QED) is 0.281. The van der Waals surface area contributed by atoms with Crippen LogP contribution in [-0.2, 0) is 25.6 Å². The van der Waals surface area contributed by atoms with Crippen LogP contribution in [0.3, 0.4) is 0 Å². The number of halogens is 2. The van der Waals surface area contributed by atoms with E-state index >= 15 is 8.78 Å². The fourth-order valence-corrected chi connectivity index (χ4v) is 11.2. The topological polar surface area (TPSA) is 201 Å². The number of carbonyl (C=O) groups is 7. The van der Waals surface area contributed by atoms with E-state index in [2.05, 4.69) is 25.4 Å². The zero-order valence-electron chi connectivity index (χ0n) is 38.7. The summed E-state index contributed by atoms with van der Waals surface area (Å²) in [5.74, 6) is -6.34. The zero-order valence-corrected chi connectivity index (χ0v) is 38.7. The molecule has 21 heteroatoms. The van der Waals surface area contributed by atoms with Crippen LogP contribution >= 0.6 is 0 Å². The molecule has 4 fully saturated rings. The molecule has 0 spiro atoms. The smallest absolute Gasteiger partial charge is 0.342 e. The van der Waals surface area contributed by atoms with E-state index in [0.717, 1.165) is 41.0 Å². The Hall–Kier alpha value is -6.77. The van der Waals surface area contributed by atoms with Gasteiger partial charge in [-0.3, -0.25) is 48.7 Å². The van der Waals surface area contributed by atoms with Crippen molar-refractivity contribution in [3.63, 3.8) is 0 Å². The molecule has 1 aliphatic carbocycles. The number of piperazine rings is 1. The lowest BCUT2D eigenvalue weighted by atomic mass is 9.94. The number of methoxy groups -OCH3 is 1. The average Bonchev–Trinajstić information content (AvgIpc) is 3.97. The number of benzene rings is 2. The van der Waals surface area contributed by atoms with Crippen molar-refractivity contribution in [3.8, 4) is 5.75 Å². The molecule has 1 atom stereocenters. The summed E-state index contributed by atoms with van der Waals surface area (Å²) < 4.78 is 36.0. The van der Waals surface area contributed by atoms with E-state index in [4.69, 9.17) is 9.72 Å². The number of nitrogens with one attached hydrogen (secondary N) is 2. The molecule has 19 nitrogen and oxygen atoms in total. The first-order valence-electron chi connectivity index (χ1n) is 23.9. The van der Waals surface area contributed by atoms with Gasteiger partial charge in [0, 0.05) is 89.9 Å². The minimum atomic E-state index is -3.60. The largest absolute Gasteiger partial charge is 0.495 e. The number of fused-ring (bicyclic) bond motifs is 3. The molecular weight excluding hydrogens is 897 g/mol. The van der Waals surface area contributed by atoms with Crippen molar-refractivity contribution in [1.29, 1.82) is 0 Å². The molecule has 0 radical (unpaired) electrons. The second kappa shape index (κ2) is 18.3. The van der Waals surface area contributed by atoms with Crippen LogP contribution in [0.25, 0.3) is 0 Å². The summed E-state index contributed by atoms with van der Waals surface area (Å²) in [5, 5.41) is 5.43. The number of alkyl halides is 2. The molecule has 7 amide bonds. The Labute approximate surface area is 397 Å². The number of ether oxygens (including phenoxy) is 1. The van der Waals surface area contributed by atoms with E-state index in [0.29, 0.717) is 101 Å². The summed E-state index contributed by atoms with van der Waals surface area (Å²) in [6, 6.07) is 7.41. The zero-order chi connectivity index (χ0) is 48.3. The van der Waals surface area contributed by atoms with Gasteiger partial charge in [-0.1, -0.05) is 18.9 Å². The molecular formula is C48H55F2N11O8. The Morgan fingerprint density at radius 1 is 0.841 bits per heavy atom. The van der Waals surface area contributed by atoms with Crippen LogP contribution in [-0.4, -0.2) is 168 Å². The molecule has 0 bridgehead atoms. The number of hydrogen-bond acceptors (Lipinski definition) is 14. The number of anilines is 5. The molecule has 2 aromatic carbocycles. The highest BCUT2D eigenvalue weighted by molar-refractivity contribution is 6.25. The van der Waals surface area contributed by atoms with Crippen LogP contribution in [0.15, 0.2) is 36.5 Å². The monoisotopic (exact) mass is 951 g/mol. The fraction of sp³-hybridized carbons (Fsp3) is 0.521. The van der Waals surface area contributed by atoms with E-state index < -0.39 is 48.0 Å². The van der Waals surface area contributed by atoms with Gasteiger partial charge < -0.3 is 34.6 Å². The molecule has 2 N–H and O–H groups in total. The third kappa shape index (κ3) is 8.47. The molecule has 3 aromatic rings. The van der Waals surface area contributed by atoms with Crippen LogP contribution < -0.4 is 30.1 Å². The maximum absolute atomic E-state index is 15.1. The van der Waals surface area contributed by atoms with E-state index in [1.807, 2.05) is 21.9 Å². The number of carbonyl (C=O) groups excluding carboxylic acids is 7. The van der Waals surface area contributed by atoms with Gasteiger partial charge in [-0.15, -0.1) is 0 Å². The normalized spacial score (nSPS) is 22.5. The molecule has 7 aliphatic rings. The van der Waals surface area contributed by atoms with E-state index in [9.17, 15) is 33.6 Å². The van der Waals surface area contributed by atoms with Crippen molar-refractivity contribution in [2.45, 2.75) is 88.3 Å². The third-order valence-corrected chi connectivity index (χ3v) is 15.0. The summed E-state index contributed by atoms with van der Waals surface area (Å²) in [4.78, 5) is 112. The van der Waals surface area contributed by atoms with Crippen molar-refractivity contribution in [2.75, 3.05) is 93.1 Å². The van der Waals surface area contributed by atoms with Gasteiger partial charge in [0.25, 0.3) is 23.6 Å². The predicted octanol–water partition coefficient (Wildman–Crippen LogP) is 3.19. The lowest BCUT2D eigenvalue weighted by molar-refractivity contribution is -0.140. The fourth-order valence-electron chi connectivity index (χ4n) is 11.2. The standard InChI is InChI=1S/C48H55F2N11O8/c1-55-36-26-51-47(54-41(36)60(29-6-3-4-7-29)27-48(49,50)46(55)68)52-33-24-28-12-19-59(43(65)32(28)25-37(33)69-2)30-13-17-58(18-14-30)39(63)15-16-56-20-22-57(23-21-56)34-9-5-8-31-40(34)45(67)61(44(31)66)35-10-11-38(62)53-42(35)64/h5,8-9,24-26,29-30,35H,3-4,6-7,10-23,27H2,1-2H3,(H,51,52,54)(H,53,62,64). The number of nitrogens with zero attached hydrogens (tertiary/aromatic N) is 9. The van der Waals surface area contributed by atoms with E-state index in [1.54, 1.807) is 23.1 Å². The maximum Gasteiger partial charge on any atom is 0.342 e. The van der Waals surface area contributed by atoms with Crippen molar-refractivity contribution in [1.82, 2.24) is 34.9 Å². The summed E-state index contributed by atoms with van der Waals surface area (Å²) in [6.45, 7) is 3.78. The molecule has 3 saturated heterocycles. The molecule has 1 unspecified atom stereocenters. The number of amides is 7. The average molecular weight is 952 g/mol. The van der Waals surface area contributed by atoms with Crippen molar-refractivity contribution < 1.29 is 47.1 Å². The number of likely N-dealkylation sites (tertiary alicyclic amines) is 1. The molecule has 1 saturated carbocycles. The molecule has 1 aromatic heterocycles. The summed E-state index contributed by atoms with van der Waals surface area (Å²) in [6.07, 6.45) is 6.98. The van der Waals surface area contributed by atoms with Crippen LogP contribution in [0.1, 0.15) is 94.4 Å². The second-order valence-electron chi connectivity index (χ2n) is 19.0. The minimum absolute atomic E-state index is 0.0440. The summed E-state index contributed by atoms with van der Waals surface area (Å²) >= 11 is 0. The highest BCUT2D eigenvalue weighted by atomic mass is 19.3. The lowest BCUT2D eigenvalue weighted by Gasteiger charge is -2.41. The molecule has 10 rings (SSSR count). The van der Waals surface area contributed by atoms with Gasteiger partial charge in [-0.2, -0.15) is 13.8 Å². The van der Waals surface area contributed by atoms with Crippen LogP contribution in [0.4, 0.5) is 37.6 Å². The van der Waals surface area contributed by atoms with E-state index in [-0.39, 0.29) is 65.3 Å². The lowest BCUT2D eigenvalue weighted by Crippen LogP contribution is -2.54. The second-order valence-corrected chi connectivity index (χ2v) is 19.0. The number of aromatic nitrogens is 2. The van der Waals surface area contributed by atoms with Gasteiger partial charge in [-0.25, -0.2) is 4.98 Å².